The summed E-state index contributed by atoms with van der Waals surface area (Å²) in [5.74, 6) is 1.35. The molecule has 30 heavy (non-hydrogen) atoms. The number of hydrogen-bond acceptors (Lipinski definition) is 8. The number of methoxy groups -OCH3 is 1. The largest absolute Gasteiger partial charge is 0.465 e. The Kier molecular flexibility index (Phi) is 5.64. The van der Waals surface area contributed by atoms with Crippen LogP contribution in [0.5, 0.6) is 0 Å². The molecule has 160 valence electrons. The van der Waals surface area contributed by atoms with Crippen molar-refractivity contribution in [1.29, 1.82) is 0 Å². The van der Waals surface area contributed by atoms with E-state index in [4.69, 9.17) is 4.74 Å². The Balaban J connectivity index is 1.74. The number of ether oxygens (including phenoxy) is 1. The molecule has 0 spiro atoms. The highest BCUT2D eigenvalue weighted by molar-refractivity contribution is 7.16. The highest BCUT2D eigenvalue weighted by Gasteiger charge is 2.33. The van der Waals surface area contributed by atoms with Gasteiger partial charge in [0.2, 0.25) is 5.91 Å². The number of carbonyl (C=O) groups excluding carboxylic acids is 2. The number of thiophene rings is 1. The SMILES string of the molecule is CCC(C)C1Nc2nc(C)nc(Nc3sc4c(c3C(=O)OC)CCCC4)c2NC1=O. The van der Waals surface area contributed by atoms with Crippen molar-refractivity contribution >= 4 is 45.5 Å². The Morgan fingerprint density at radius 3 is 2.83 bits per heavy atom. The smallest absolute Gasteiger partial charge is 0.341 e. The molecule has 4 rings (SSSR count). The second-order valence-corrected chi connectivity index (χ2v) is 8.98. The Morgan fingerprint density at radius 1 is 1.33 bits per heavy atom. The summed E-state index contributed by atoms with van der Waals surface area (Å²) < 4.78 is 5.06. The molecule has 1 amide bonds. The molecule has 2 unspecified atom stereocenters. The van der Waals surface area contributed by atoms with E-state index in [1.54, 1.807) is 11.3 Å². The fourth-order valence-electron chi connectivity index (χ4n) is 4.02. The minimum atomic E-state index is -0.351. The standard InChI is InChI=1S/C21H27N5O3S/c1-5-10(2)15-19(27)25-16-17(24-15)22-11(3)23-18(16)26-20-14(21(28)29-4)12-8-6-7-9-13(12)30-20/h10,15H,5-9H2,1-4H3,(H,25,27)(H2,22,23,24,26). The molecule has 3 N–H and O–H groups in total. The molecule has 9 heteroatoms. The van der Waals surface area contributed by atoms with Crippen molar-refractivity contribution in [2.24, 2.45) is 5.92 Å². The van der Waals surface area contributed by atoms with E-state index in [0.29, 0.717) is 33.7 Å². The lowest BCUT2D eigenvalue weighted by atomic mass is 9.95. The molecule has 2 atom stereocenters. The monoisotopic (exact) mass is 429 g/mol. The van der Waals surface area contributed by atoms with Gasteiger partial charge in [0.25, 0.3) is 0 Å². The molecular weight excluding hydrogens is 402 g/mol. The van der Waals surface area contributed by atoms with Crippen LogP contribution in [0.2, 0.25) is 0 Å². The number of aromatic nitrogens is 2. The summed E-state index contributed by atoms with van der Waals surface area (Å²) in [6, 6.07) is -0.343. The molecule has 1 aliphatic heterocycles. The first-order valence-electron chi connectivity index (χ1n) is 10.4. The molecule has 2 aromatic heterocycles. The molecule has 3 heterocycles. The van der Waals surface area contributed by atoms with Crippen LogP contribution in [-0.4, -0.2) is 35.0 Å². The van der Waals surface area contributed by atoms with Crippen LogP contribution in [0.25, 0.3) is 0 Å². The van der Waals surface area contributed by atoms with E-state index in [-0.39, 0.29) is 23.8 Å². The van der Waals surface area contributed by atoms with Crippen molar-refractivity contribution in [2.75, 3.05) is 23.1 Å². The molecule has 2 aromatic rings. The van der Waals surface area contributed by atoms with Gasteiger partial charge in [-0.1, -0.05) is 20.3 Å². The summed E-state index contributed by atoms with van der Waals surface area (Å²) in [6.07, 6.45) is 4.88. The lowest BCUT2D eigenvalue weighted by molar-refractivity contribution is -0.118. The first-order valence-corrected chi connectivity index (χ1v) is 11.2. The number of anilines is 4. The van der Waals surface area contributed by atoms with Gasteiger partial charge >= 0.3 is 5.97 Å². The van der Waals surface area contributed by atoms with Gasteiger partial charge in [0.05, 0.1) is 12.7 Å². The average Bonchev–Trinajstić information content (AvgIpc) is 3.10. The van der Waals surface area contributed by atoms with Gasteiger partial charge < -0.3 is 20.7 Å². The molecule has 1 aliphatic carbocycles. The minimum absolute atomic E-state index is 0.106. The zero-order valence-electron chi connectivity index (χ0n) is 17.7. The van der Waals surface area contributed by atoms with Crippen LogP contribution in [-0.2, 0) is 22.4 Å². The number of rotatable bonds is 5. The van der Waals surface area contributed by atoms with E-state index < -0.39 is 0 Å². The molecular formula is C21H27N5O3S. The highest BCUT2D eigenvalue weighted by Crippen LogP contribution is 2.42. The van der Waals surface area contributed by atoms with Crippen molar-refractivity contribution in [3.63, 3.8) is 0 Å². The zero-order chi connectivity index (χ0) is 21.4. The Hall–Kier alpha value is -2.68. The van der Waals surface area contributed by atoms with Crippen LogP contribution in [0.3, 0.4) is 0 Å². The number of esters is 1. The highest BCUT2D eigenvalue weighted by atomic mass is 32.1. The minimum Gasteiger partial charge on any atom is -0.465 e. The van der Waals surface area contributed by atoms with Crippen molar-refractivity contribution < 1.29 is 14.3 Å². The van der Waals surface area contributed by atoms with Crippen LogP contribution in [0.1, 0.15) is 59.7 Å². The van der Waals surface area contributed by atoms with E-state index in [0.717, 1.165) is 37.7 Å². The molecule has 0 bridgehead atoms. The zero-order valence-corrected chi connectivity index (χ0v) is 18.5. The quantitative estimate of drug-likeness (QED) is 0.616. The predicted octanol–water partition coefficient (Wildman–Crippen LogP) is 4.03. The topological polar surface area (TPSA) is 105 Å². The van der Waals surface area contributed by atoms with E-state index in [1.165, 1.54) is 12.0 Å². The van der Waals surface area contributed by atoms with Crippen LogP contribution in [0.4, 0.5) is 22.3 Å². The lowest BCUT2D eigenvalue weighted by Crippen LogP contribution is -2.43. The van der Waals surface area contributed by atoms with Crippen LogP contribution >= 0.6 is 11.3 Å². The third-order valence-electron chi connectivity index (χ3n) is 5.85. The molecule has 0 radical (unpaired) electrons. The van der Waals surface area contributed by atoms with E-state index in [1.807, 2.05) is 13.8 Å². The summed E-state index contributed by atoms with van der Waals surface area (Å²) in [5, 5.41) is 10.2. The van der Waals surface area contributed by atoms with E-state index >= 15 is 0 Å². The van der Waals surface area contributed by atoms with Gasteiger partial charge in [-0.25, -0.2) is 14.8 Å². The predicted molar refractivity (Wildman–Crippen MR) is 118 cm³/mol. The summed E-state index contributed by atoms with van der Waals surface area (Å²) in [6.45, 7) is 5.90. The van der Waals surface area contributed by atoms with Crippen molar-refractivity contribution in [2.45, 2.75) is 58.9 Å². The van der Waals surface area contributed by atoms with Gasteiger partial charge in [0.15, 0.2) is 11.6 Å². The van der Waals surface area contributed by atoms with Gasteiger partial charge in [-0.05, 0) is 44.1 Å². The summed E-state index contributed by atoms with van der Waals surface area (Å²) in [4.78, 5) is 35.5. The number of amides is 1. The molecule has 8 nitrogen and oxygen atoms in total. The average molecular weight is 430 g/mol. The number of nitrogens with one attached hydrogen (secondary N) is 3. The Bertz CT molecular complexity index is 1000. The number of carbonyl (C=O) groups is 2. The molecule has 0 aromatic carbocycles. The van der Waals surface area contributed by atoms with E-state index in [9.17, 15) is 9.59 Å². The van der Waals surface area contributed by atoms with Gasteiger partial charge in [-0.2, -0.15) is 0 Å². The van der Waals surface area contributed by atoms with Gasteiger partial charge in [-0.15, -0.1) is 11.3 Å². The maximum Gasteiger partial charge on any atom is 0.341 e. The van der Waals surface area contributed by atoms with Crippen molar-refractivity contribution in [3.05, 3.63) is 21.8 Å². The molecule has 0 saturated heterocycles. The number of hydrogen-bond donors (Lipinski definition) is 3. The van der Waals surface area contributed by atoms with Crippen LogP contribution in [0.15, 0.2) is 0 Å². The van der Waals surface area contributed by atoms with Gasteiger partial charge in [-0.3, -0.25) is 4.79 Å². The van der Waals surface area contributed by atoms with Gasteiger partial charge in [0, 0.05) is 4.88 Å². The second kappa shape index (κ2) is 8.22. The fourth-order valence-corrected chi connectivity index (χ4v) is 5.29. The number of aryl methyl sites for hydroxylation is 2. The van der Waals surface area contributed by atoms with Gasteiger partial charge in [0.1, 0.15) is 22.6 Å². The van der Waals surface area contributed by atoms with Crippen LogP contribution < -0.4 is 16.0 Å². The first-order chi connectivity index (χ1) is 14.4. The summed E-state index contributed by atoms with van der Waals surface area (Å²) >= 11 is 1.56. The van der Waals surface area contributed by atoms with Crippen LogP contribution in [0, 0.1) is 12.8 Å². The Morgan fingerprint density at radius 2 is 2.10 bits per heavy atom. The number of fused-ring (bicyclic) bond motifs is 2. The van der Waals surface area contributed by atoms with Crippen molar-refractivity contribution in [1.82, 2.24) is 9.97 Å². The summed E-state index contributed by atoms with van der Waals surface area (Å²) in [5.41, 5.74) is 2.15. The lowest BCUT2D eigenvalue weighted by Gasteiger charge is -2.30. The Labute approximate surface area is 179 Å². The maximum absolute atomic E-state index is 12.7. The molecule has 0 fully saturated rings. The third kappa shape index (κ3) is 3.62. The van der Waals surface area contributed by atoms with E-state index in [2.05, 4.69) is 32.8 Å². The summed E-state index contributed by atoms with van der Waals surface area (Å²) in [7, 11) is 1.40. The first kappa shape index (κ1) is 20.6. The number of nitrogens with zero attached hydrogens (tertiary/aromatic N) is 2. The third-order valence-corrected chi connectivity index (χ3v) is 7.06. The second-order valence-electron chi connectivity index (χ2n) is 7.87. The molecule has 2 aliphatic rings. The normalized spacial score (nSPS) is 18.5. The maximum atomic E-state index is 12.7. The fraction of sp³-hybridized carbons (Fsp3) is 0.524. The van der Waals surface area contributed by atoms with Crippen molar-refractivity contribution in [3.8, 4) is 0 Å². The molecule has 0 saturated carbocycles.